The number of pyridine rings is 1. The molecule has 1 aromatic heterocycles. The Morgan fingerprint density at radius 1 is 1.14 bits per heavy atom. The van der Waals surface area contributed by atoms with E-state index < -0.39 is 0 Å². The Hall–Kier alpha value is -1.05. The summed E-state index contributed by atoms with van der Waals surface area (Å²) in [6.45, 7) is 0. The highest BCUT2D eigenvalue weighted by Crippen LogP contribution is 2.29. The van der Waals surface area contributed by atoms with Gasteiger partial charge < -0.3 is 0 Å². The quantitative estimate of drug-likeness (QED) is 0.715. The van der Waals surface area contributed by atoms with Gasteiger partial charge in [0.25, 0.3) is 0 Å². The van der Waals surface area contributed by atoms with Crippen LogP contribution in [0.3, 0.4) is 0 Å². The number of nitrogens with zero attached hydrogens (tertiary/aromatic N) is 1. The third-order valence-electron chi connectivity index (χ3n) is 1.86. The third kappa shape index (κ3) is 1.89. The predicted molar refractivity (Wildman–Crippen MR) is 58.5 cm³/mol. The zero-order valence-corrected chi connectivity index (χ0v) is 8.68. The van der Waals surface area contributed by atoms with E-state index in [9.17, 15) is 0 Å². The van der Waals surface area contributed by atoms with Crippen molar-refractivity contribution in [1.29, 1.82) is 0 Å². The van der Waals surface area contributed by atoms with Crippen LogP contribution in [0.2, 0.25) is 10.0 Å². The van der Waals surface area contributed by atoms with Crippen molar-refractivity contribution >= 4 is 23.2 Å². The van der Waals surface area contributed by atoms with Gasteiger partial charge in [-0.3, -0.25) is 4.98 Å². The summed E-state index contributed by atoms with van der Waals surface area (Å²) in [7, 11) is 0. The van der Waals surface area contributed by atoms with E-state index in [0.717, 1.165) is 11.1 Å². The molecular weight excluding hydrogens is 217 g/mol. The minimum Gasteiger partial charge on any atom is -0.255 e. The Morgan fingerprint density at radius 3 is 2.71 bits per heavy atom. The standard InChI is InChI=1S/C11H6Cl2N/c12-9-1-2-11(13)10(7-9)8-3-5-14-6-4-8/h1-5,7H. The Balaban J connectivity index is 2.57. The first-order chi connectivity index (χ1) is 6.77. The second-order valence-electron chi connectivity index (χ2n) is 2.80. The Labute approximate surface area is 92.3 Å². The lowest BCUT2D eigenvalue weighted by atomic mass is 10.1. The van der Waals surface area contributed by atoms with Gasteiger partial charge in [-0.2, -0.15) is 0 Å². The molecule has 0 unspecified atom stereocenters. The molecule has 0 N–H and O–H groups in total. The fraction of sp³-hybridized carbons (Fsp3) is 0. The molecule has 1 radical (unpaired) electrons. The first kappa shape index (κ1) is 9.50. The number of hydrogen-bond donors (Lipinski definition) is 0. The van der Waals surface area contributed by atoms with Gasteiger partial charge in [0.2, 0.25) is 0 Å². The summed E-state index contributed by atoms with van der Waals surface area (Å²) in [6.07, 6.45) is 4.43. The number of rotatable bonds is 1. The van der Waals surface area contributed by atoms with Crippen molar-refractivity contribution in [1.82, 2.24) is 4.98 Å². The van der Waals surface area contributed by atoms with Crippen LogP contribution >= 0.6 is 23.2 Å². The molecule has 1 aromatic carbocycles. The molecular formula is C11H6Cl2N. The van der Waals surface area contributed by atoms with E-state index in [2.05, 4.69) is 11.2 Å². The van der Waals surface area contributed by atoms with Gasteiger partial charge in [0.05, 0.1) is 6.20 Å². The summed E-state index contributed by atoms with van der Waals surface area (Å²) in [6, 6.07) is 9.01. The predicted octanol–water partition coefficient (Wildman–Crippen LogP) is 3.86. The van der Waals surface area contributed by atoms with Gasteiger partial charge in [-0.1, -0.05) is 23.2 Å². The minimum absolute atomic E-state index is 0.668. The fourth-order valence-electron chi connectivity index (χ4n) is 1.20. The Bertz CT molecular complexity index is 440. The van der Waals surface area contributed by atoms with Gasteiger partial charge in [-0.05, 0) is 35.9 Å². The van der Waals surface area contributed by atoms with Crippen molar-refractivity contribution in [3.63, 3.8) is 0 Å². The summed E-state index contributed by atoms with van der Waals surface area (Å²) >= 11 is 11.9. The SMILES string of the molecule is Clc1ccc(Cl)c(-c2c[c]ncc2)c1. The molecule has 0 aliphatic carbocycles. The molecule has 2 aromatic rings. The van der Waals surface area contributed by atoms with Gasteiger partial charge in [0.15, 0.2) is 0 Å². The van der Waals surface area contributed by atoms with Crippen molar-refractivity contribution in [2.24, 2.45) is 0 Å². The highest BCUT2D eigenvalue weighted by molar-refractivity contribution is 6.35. The highest BCUT2D eigenvalue weighted by atomic mass is 35.5. The van der Waals surface area contributed by atoms with Gasteiger partial charge in [-0.25, -0.2) is 0 Å². The largest absolute Gasteiger partial charge is 0.255 e. The molecule has 69 valence electrons. The zero-order valence-electron chi connectivity index (χ0n) is 7.17. The van der Waals surface area contributed by atoms with Crippen LogP contribution in [-0.4, -0.2) is 4.98 Å². The maximum absolute atomic E-state index is 6.04. The van der Waals surface area contributed by atoms with Crippen LogP contribution in [0, 0.1) is 6.20 Å². The molecule has 0 fully saturated rings. The molecule has 1 nitrogen and oxygen atoms in total. The van der Waals surface area contributed by atoms with Crippen molar-refractivity contribution in [2.45, 2.75) is 0 Å². The smallest absolute Gasteiger partial charge is 0.0892 e. The van der Waals surface area contributed by atoms with Crippen LogP contribution in [-0.2, 0) is 0 Å². The van der Waals surface area contributed by atoms with Crippen LogP contribution in [0.1, 0.15) is 0 Å². The van der Waals surface area contributed by atoms with E-state index in [-0.39, 0.29) is 0 Å². The molecule has 3 heteroatoms. The average molecular weight is 223 g/mol. The maximum atomic E-state index is 6.04. The fourth-order valence-corrected chi connectivity index (χ4v) is 1.60. The van der Waals surface area contributed by atoms with Crippen LogP contribution < -0.4 is 0 Å². The summed E-state index contributed by atoms with van der Waals surface area (Å²) in [4.78, 5) is 3.82. The average Bonchev–Trinajstić information content (AvgIpc) is 2.23. The number of hydrogen-bond acceptors (Lipinski definition) is 1. The summed E-state index contributed by atoms with van der Waals surface area (Å²) in [5.74, 6) is 0. The molecule has 0 atom stereocenters. The Kier molecular flexibility index (Phi) is 2.71. The van der Waals surface area contributed by atoms with E-state index in [1.54, 1.807) is 24.4 Å². The van der Waals surface area contributed by atoms with Gasteiger partial charge in [0, 0.05) is 21.8 Å². The maximum Gasteiger partial charge on any atom is 0.0892 e. The van der Waals surface area contributed by atoms with E-state index in [0.29, 0.717) is 10.0 Å². The zero-order chi connectivity index (χ0) is 9.97. The van der Waals surface area contributed by atoms with E-state index in [1.165, 1.54) is 0 Å². The Morgan fingerprint density at radius 2 is 2.00 bits per heavy atom. The van der Waals surface area contributed by atoms with Crippen LogP contribution in [0.4, 0.5) is 0 Å². The van der Waals surface area contributed by atoms with E-state index in [1.807, 2.05) is 12.1 Å². The second-order valence-corrected chi connectivity index (χ2v) is 3.64. The van der Waals surface area contributed by atoms with Gasteiger partial charge >= 0.3 is 0 Å². The van der Waals surface area contributed by atoms with Crippen molar-refractivity contribution in [3.8, 4) is 11.1 Å². The summed E-state index contributed by atoms with van der Waals surface area (Å²) in [5.41, 5.74) is 1.87. The molecule has 1 heterocycles. The molecule has 0 aliphatic rings. The van der Waals surface area contributed by atoms with Crippen LogP contribution in [0.25, 0.3) is 11.1 Å². The highest BCUT2D eigenvalue weighted by Gasteiger charge is 2.03. The minimum atomic E-state index is 0.668. The van der Waals surface area contributed by atoms with Crippen molar-refractivity contribution < 1.29 is 0 Å². The van der Waals surface area contributed by atoms with Crippen molar-refractivity contribution in [3.05, 3.63) is 52.8 Å². The molecule has 0 amide bonds. The molecule has 0 spiro atoms. The summed E-state index contributed by atoms with van der Waals surface area (Å²) in [5, 5.41) is 1.34. The lowest BCUT2D eigenvalue weighted by molar-refractivity contribution is 1.31. The van der Waals surface area contributed by atoms with Crippen LogP contribution in [0.15, 0.2) is 36.5 Å². The second kappa shape index (κ2) is 3.99. The number of benzene rings is 1. The van der Waals surface area contributed by atoms with Gasteiger partial charge in [-0.15, -0.1) is 0 Å². The molecule has 0 saturated heterocycles. The molecule has 2 rings (SSSR count). The molecule has 0 saturated carbocycles. The number of halogens is 2. The lowest BCUT2D eigenvalue weighted by Crippen LogP contribution is -1.80. The van der Waals surface area contributed by atoms with Crippen LogP contribution in [0.5, 0.6) is 0 Å². The first-order valence-corrected chi connectivity index (χ1v) is 4.80. The molecule has 0 aliphatic heterocycles. The molecule has 14 heavy (non-hydrogen) atoms. The van der Waals surface area contributed by atoms with Gasteiger partial charge in [0.1, 0.15) is 0 Å². The first-order valence-electron chi connectivity index (χ1n) is 4.05. The topological polar surface area (TPSA) is 12.9 Å². The number of aromatic nitrogens is 1. The van der Waals surface area contributed by atoms with E-state index in [4.69, 9.17) is 23.2 Å². The van der Waals surface area contributed by atoms with E-state index >= 15 is 0 Å². The summed E-state index contributed by atoms with van der Waals surface area (Å²) < 4.78 is 0. The van der Waals surface area contributed by atoms with Crippen molar-refractivity contribution in [2.75, 3.05) is 0 Å². The molecule has 0 bridgehead atoms. The lowest BCUT2D eigenvalue weighted by Gasteiger charge is -2.03. The monoisotopic (exact) mass is 222 g/mol. The normalized spacial score (nSPS) is 10.1. The third-order valence-corrected chi connectivity index (χ3v) is 2.43.